The number of sulfonamides is 1. The molecule has 1 amide bonds. The number of thiophene rings is 1. The van der Waals surface area contributed by atoms with Gasteiger partial charge < -0.3 is 5.32 Å². The molecule has 3 rings (SSSR count). The number of hydrogen-bond acceptors (Lipinski definition) is 5. The van der Waals surface area contributed by atoms with Crippen LogP contribution < -0.4 is 5.32 Å². The van der Waals surface area contributed by atoms with Gasteiger partial charge in [-0.3, -0.25) is 4.79 Å². The molecule has 0 saturated heterocycles. The van der Waals surface area contributed by atoms with Crippen LogP contribution in [0.15, 0.2) is 69.8 Å². The second-order valence-electron chi connectivity index (χ2n) is 6.55. The number of nitrogens with zero attached hydrogens (tertiary/aromatic N) is 1. The molecule has 1 N–H and O–H groups in total. The second kappa shape index (κ2) is 10.7. The van der Waals surface area contributed by atoms with Crippen molar-refractivity contribution >= 4 is 56.3 Å². The first-order valence-electron chi connectivity index (χ1n) is 9.72. The van der Waals surface area contributed by atoms with Crippen LogP contribution in [0.1, 0.15) is 29.1 Å². The van der Waals surface area contributed by atoms with Gasteiger partial charge in [0.05, 0.1) is 21.2 Å². The lowest BCUT2D eigenvalue weighted by Crippen LogP contribution is -2.30. The fraction of sp³-hybridized carbons (Fsp3) is 0.227. The van der Waals surface area contributed by atoms with Crippen LogP contribution in [0.5, 0.6) is 0 Å². The number of carbonyl (C=O) groups excluding carboxylic acids is 1. The minimum absolute atomic E-state index is 0.0938. The molecule has 3 aromatic rings. The van der Waals surface area contributed by atoms with Crippen molar-refractivity contribution in [3.05, 3.63) is 75.4 Å². The fourth-order valence-electron chi connectivity index (χ4n) is 2.99. The maximum atomic E-state index is 13.0. The van der Waals surface area contributed by atoms with Crippen molar-refractivity contribution in [3.63, 3.8) is 0 Å². The number of rotatable bonds is 9. The number of nitrogens with one attached hydrogen (secondary N) is 1. The highest BCUT2D eigenvalue weighted by Crippen LogP contribution is 2.31. The Labute approximate surface area is 196 Å². The van der Waals surface area contributed by atoms with Gasteiger partial charge in [0.2, 0.25) is 10.0 Å². The third kappa shape index (κ3) is 5.70. The Balaban J connectivity index is 1.84. The minimum atomic E-state index is -3.66. The van der Waals surface area contributed by atoms with E-state index in [0.29, 0.717) is 18.7 Å². The van der Waals surface area contributed by atoms with Gasteiger partial charge in [-0.15, -0.1) is 23.1 Å². The Morgan fingerprint density at radius 1 is 1.10 bits per heavy atom. The van der Waals surface area contributed by atoms with Crippen LogP contribution in [0, 0.1) is 0 Å². The molecule has 9 heteroatoms. The zero-order chi connectivity index (χ0) is 22.4. The first-order valence-corrected chi connectivity index (χ1v) is 13.4. The van der Waals surface area contributed by atoms with E-state index in [9.17, 15) is 13.2 Å². The molecule has 0 saturated carbocycles. The monoisotopic (exact) mass is 494 g/mol. The molecule has 5 nitrogen and oxygen atoms in total. The number of carbonyl (C=O) groups is 1. The molecule has 2 aromatic carbocycles. The molecular formula is C22H23ClN2O3S3. The summed E-state index contributed by atoms with van der Waals surface area (Å²) in [5.41, 5.74) is 0.773. The van der Waals surface area contributed by atoms with Crippen LogP contribution in [-0.4, -0.2) is 31.7 Å². The van der Waals surface area contributed by atoms with E-state index < -0.39 is 10.0 Å². The fourth-order valence-corrected chi connectivity index (χ4v) is 6.46. The van der Waals surface area contributed by atoms with Crippen molar-refractivity contribution in [1.82, 2.24) is 4.31 Å². The summed E-state index contributed by atoms with van der Waals surface area (Å²) in [6.07, 6.45) is 0. The summed E-state index contributed by atoms with van der Waals surface area (Å²) in [7, 11) is -3.66. The average Bonchev–Trinajstić information content (AvgIpc) is 3.28. The van der Waals surface area contributed by atoms with E-state index in [1.54, 1.807) is 49.1 Å². The number of halogens is 1. The van der Waals surface area contributed by atoms with Crippen LogP contribution in [0.3, 0.4) is 0 Å². The molecule has 0 unspecified atom stereocenters. The quantitative estimate of drug-likeness (QED) is 0.372. The lowest BCUT2D eigenvalue weighted by Gasteiger charge is -2.19. The lowest BCUT2D eigenvalue weighted by atomic mass is 10.2. The molecule has 1 aromatic heterocycles. The maximum absolute atomic E-state index is 13.0. The minimum Gasteiger partial charge on any atom is -0.321 e. The average molecular weight is 495 g/mol. The van der Waals surface area contributed by atoms with Gasteiger partial charge in [0.1, 0.15) is 0 Å². The van der Waals surface area contributed by atoms with E-state index in [1.807, 2.05) is 23.6 Å². The highest BCUT2D eigenvalue weighted by atomic mass is 35.5. The summed E-state index contributed by atoms with van der Waals surface area (Å²) in [4.78, 5) is 15.2. The van der Waals surface area contributed by atoms with Gasteiger partial charge in [0.15, 0.2) is 0 Å². The number of amides is 1. The number of anilines is 1. The van der Waals surface area contributed by atoms with Gasteiger partial charge in [-0.2, -0.15) is 4.31 Å². The zero-order valence-electron chi connectivity index (χ0n) is 17.2. The summed E-state index contributed by atoms with van der Waals surface area (Å²) in [5.74, 6) is 0.425. The van der Waals surface area contributed by atoms with E-state index in [4.69, 9.17) is 11.6 Å². The third-order valence-corrected chi connectivity index (χ3v) is 9.17. The summed E-state index contributed by atoms with van der Waals surface area (Å²) in [5, 5.41) is 5.08. The van der Waals surface area contributed by atoms with Crippen molar-refractivity contribution < 1.29 is 13.2 Å². The Morgan fingerprint density at radius 2 is 1.84 bits per heavy atom. The number of thioether (sulfide) groups is 1. The predicted octanol–water partition coefficient (Wildman–Crippen LogP) is 5.98. The van der Waals surface area contributed by atoms with Gasteiger partial charge >= 0.3 is 0 Å². The summed E-state index contributed by atoms with van der Waals surface area (Å²) in [6.45, 7) is 4.28. The first kappa shape index (κ1) is 23.8. The van der Waals surface area contributed by atoms with Gasteiger partial charge in [0.25, 0.3) is 5.91 Å². The van der Waals surface area contributed by atoms with E-state index >= 15 is 0 Å². The number of hydrogen-bond donors (Lipinski definition) is 1. The summed E-state index contributed by atoms with van der Waals surface area (Å²) < 4.78 is 27.0. The second-order valence-corrected chi connectivity index (χ2v) is 10.9. The Morgan fingerprint density at radius 3 is 2.52 bits per heavy atom. The van der Waals surface area contributed by atoms with Crippen molar-refractivity contribution in [2.24, 2.45) is 0 Å². The molecule has 164 valence electrons. The molecule has 0 radical (unpaired) electrons. The van der Waals surface area contributed by atoms with E-state index in [2.05, 4.69) is 11.4 Å². The van der Waals surface area contributed by atoms with Crippen LogP contribution in [0.25, 0.3) is 0 Å². The first-order chi connectivity index (χ1) is 14.9. The van der Waals surface area contributed by atoms with Gasteiger partial charge in [-0.1, -0.05) is 43.6 Å². The third-order valence-electron chi connectivity index (χ3n) is 4.61. The summed E-state index contributed by atoms with van der Waals surface area (Å²) in [6, 6.07) is 15.7. The molecule has 0 bridgehead atoms. The predicted molar refractivity (Wildman–Crippen MR) is 130 cm³/mol. The normalized spacial score (nSPS) is 11.6. The van der Waals surface area contributed by atoms with E-state index in [-0.39, 0.29) is 21.5 Å². The standard InChI is InChI=1S/C22H23ClN2O3S3/c1-3-25(4-2)31(27,28)17-11-12-19(23)20(14-17)24-22(26)18-9-5-6-10-21(18)30-15-16-8-7-13-29-16/h5-14H,3-4,15H2,1-2H3,(H,24,26). The van der Waals surface area contributed by atoms with Crippen LogP contribution in [0.4, 0.5) is 5.69 Å². The molecule has 1 heterocycles. The smallest absolute Gasteiger partial charge is 0.256 e. The molecule has 0 aliphatic heterocycles. The van der Waals surface area contributed by atoms with Crippen LogP contribution in [0.2, 0.25) is 5.02 Å². The summed E-state index contributed by atoms with van der Waals surface area (Å²) >= 11 is 9.52. The molecule has 31 heavy (non-hydrogen) atoms. The van der Waals surface area contributed by atoms with E-state index in [0.717, 1.165) is 10.6 Å². The topological polar surface area (TPSA) is 66.5 Å². The van der Waals surface area contributed by atoms with Gasteiger partial charge in [-0.25, -0.2) is 8.42 Å². The molecule has 0 spiro atoms. The molecule has 0 aliphatic carbocycles. The van der Waals surface area contributed by atoms with E-state index in [1.165, 1.54) is 27.4 Å². The highest BCUT2D eigenvalue weighted by molar-refractivity contribution is 7.98. The lowest BCUT2D eigenvalue weighted by molar-refractivity contribution is 0.102. The van der Waals surface area contributed by atoms with Crippen molar-refractivity contribution in [2.75, 3.05) is 18.4 Å². The Hall–Kier alpha value is -1.84. The molecule has 0 fully saturated rings. The van der Waals surface area contributed by atoms with Crippen molar-refractivity contribution in [3.8, 4) is 0 Å². The number of benzene rings is 2. The van der Waals surface area contributed by atoms with Crippen molar-refractivity contribution in [2.45, 2.75) is 29.4 Å². The Kier molecular flexibility index (Phi) is 8.18. The van der Waals surface area contributed by atoms with Crippen molar-refractivity contribution in [1.29, 1.82) is 0 Å². The zero-order valence-corrected chi connectivity index (χ0v) is 20.4. The molecule has 0 aliphatic rings. The van der Waals surface area contributed by atoms with Gasteiger partial charge in [-0.05, 0) is 41.8 Å². The van der Waals surface area contributed by atoms with Gasteiger partial charge in [0, 0.05) is 28.6 Å². The highest BCUT2D eigenvalue weighted by Gasteiger charge is 2.23. The van der Waals surface area contributed by atoms with Crippen LogP contribution in [-0.2, 0) is 15.8 Å². The van der Waals surface area contributed by atoms with Crippen LogP contribution >= 0.6 is 34.7 Å². The Bertz CT molecular complexity index is 1140. The largest absolute Gasteiger partial charge is 0.321 e. The molecule has 0 atom stereocenters. The maximum Gasteiger partial charge on any atom is 0.256 e. The molecular weight excluding hydrogens is 472 g/mol. The SMILES string of the molecule is CCN(CC)S(=O)(=O)c1ccc(Cl)c(NC(=O)c2ccccc2SCc2cccs2)c1.